The van der Waals surface area contributed by atoms with Gasteiger partial charge >= 0.3 is 0 Å². The molecule has 2 rings (SSSR count). The van der Waals surface area contributed by atoms with E-state index in [1.54, 1.807) is 25.1 Å². The van der Waals surface area contributed by atoms with Crippen molar-refractivity contribution in [1.29, 1.82) is 0 Å². The van der Waals surface area contributed by atoms with Gasteiger partial charge in [-0.25, -0.2) is 4.98 Å². The average molecular weight is 243 g/mol. The summed E-state index contributed by atoms with van der Waals surface area (Å²) in [6.45, 7) is 1.76. The first-order chi connectivity index (χ1) is 8.56. The summed E-state index contributed by atoms with van der Waals surface area (Å²) in [5, 5.41) is 11.9. The fourth-order valence-corrected chi connectivity index (χ4v) is 1.57. The number of rotatable bonds is 2. The van der Waals surface area contributed by atoms with Crippen LogP contribution in [0.3, 0.4) is 0 Å². The van der Waals surface area contributed by atoms with Crippen molar-refractivity contribution in [3.05, 3.63) is 47.7 Å². The zero-order chi connectivity index (χ0) is 13.1. The molecule has 1 heterocycles. The first-order valence-corrected chi connectivity index (χ1v) is 5.39. The minimum absolute atomic E-state index is 0.134. The minimum atomic E-state index is -0.273. The summed E-state index contributed by atoms with van der Waals surface area (Å²) < 4.78 is 0. The van der Waals surface area contributed by atoms with Crippen molar-refractivity contribution in [2.75, 3.05) is 11.1 Å². The number of carbonyl (C=O) groups excluding carboxylic acids is 1. The van der Waals surface area contributed by atoms with E-state index in [-0.39, 0.29) is 11.7 Å². The molecule has 0 bridgehead atoms. The third-order valence-electron chi connectivity index (χ3n) is 2.48. The number of phenolic OH excluding ortho intramolecular Hbond substituents is 1. The van der Waals surface area contributed by atoms with Gasteiger partial charge in [-0.15, -0.1) is 0 Å². The highest BCUT2D eigenvalue weighted by Gasteiger charge is 2.10. The van der Waals surface area contributed by atoms with E-state index in [1.165, 1.54) is 18.3 Å². The van der Waals surface area contributed by atoms with Gasteiger partial charge in [0, 0.05) is 5.56 Å². The molecule has 0 atom stereocenters. The largest absolute Gasteiger partial charge is 0.508 e. The Labute approximate surface area is 104 Å². The highest BCUT2D eigenvalue weighted by Crippen LogP contribution is 2.17. The van der Waals surface area contributed by atoms with E-state index >= 15 is 0 Å². The van der Waals surface area contributed by atoms with Crippen LogP contribution in [0, 0.1) is 6.92 Å². The molecule has 0 unspecified atom stereocenters. The Bertz CT molecular complexity index is 579. The average Bonchev–Trinajstić information content (AvgIpc) is 2.32. The monoisotopic (exact) mass is 243 g/mol. The Kier molecular flexibility index (Phi) is 3.14. The molecule has 0 saturated carbocycles. The molecule has 1 aromatic heterocycles. The summed E-state index contributed by atoms with van der Waals surface area (Å²) in [5.74, 6) is 0.293. The fourth-order valence-electron chi connectivity index (χ4n) is 1.57. The lowest BCUT2D eigenvalue weighted by atomic mass is 10.1. The maximum atomic E-state index is 12.0. The molecule has 18 heavy (non-hydrogen) atoms. The first-order valence-electron chi connectivity index (χ1n) is 5.39. The number of carbonyl (C=O) groups is 1. The van der Waals surface area contributed by atoms with Crippen molar-refractivity contribution in [2.24, 2.45) is 0 Å². The van der Waals surface area contributed by atoms with Gasteiger partial charge in [0.15, 0.2) is 0 Å². The van der Waals surface area contributed by atoms with Crippen molar-refractivity contribution in [2.45, 2.75) is 6.92 Å². The first kappa shape index (κ1) is 11.9. The van der Waals surface area contributed by atoms with E-state index in [0.717, 1.165) is 0 Å². The normalized spacial score (nSPS) is 10.1. The second-order valence-electron chi connectivity index (χ2n) is 3.93. The summed E-state index contributed by atoms with van der Waals surface area (Å²) >= 11 is 0. The molecular formula is C13H13N3O2. The number of hydrogen-bond donors (Lipinski definition) is 3. The number of aromatic nitrogens is 1. The number of hydrogen-bond acceptors (Lipinski definition) is 4. The minimum Gasteiger partial charge on any atom is -0.508 e. The van der Waals surface area contributed by atoms with E-state index in [0.29, 0.717) is 22.6 Å². The highest BCUT2D eigenvalue weighted by atomic mass is 16.3. The van der Waals surface area contributed by atoms with E-state index < -0.39 is 0 Å². The summed E-state index contributed by atoms with van der Waals surface area (Å²) in [6, 6.07) is 7.86. The fraction of sp³-hybridized carbons (Fsp3) is 0.0769. The van der Waals surface area contributed by atoms with Gasteiger partial charge in [0.2, 0.25) is 0 Å². The topological polar surface area (TPSA) is 88.2 Å². The van der Waals surface area contributed by atoms with Crippen molar-refractivity contribution in [3.63, 3.8) is 0 Å². The summed E-state index contributed by atoms with van der Waals surface area (Å²) in [5.41, 5.74) is 7.23. The number of benzene rings is 1. The molecule has 0 fully saturated rings. The maximum Gasteiger partial charge on any atom is 0.257 e. The molecule has 0 aliphatic rings. The highest BCUT2D eigenvalue weighted by molar-refractivity contribution is 6.04. The van der Waals surface area contributed by atoms with Crippen LogP contribution in [0.2, 0.25) is 0 Å². The molecule has 92 valence electrons. The van der Waals surface area contributed by atoms with E-state index in [4.69, 9.17) is 5.73 Å². The Morgan fingerprint density at radius 3 is 2.72 bits per heavy atom. The second-order valence-corrected chi connectivity index (χ2v) is 3.93. The van der Waals surface area contributed by atoms with Crippen LogP contribution in [-0.4, -0.2) is 16.0 Å². The van der Waals surface area contributed by atoms with Crippen LogP contribution >= 0.6 is 0 Å². The number of amides is 1. The molecule has 5 heteroatoms. The quantitative estimate of drug-likeness (QED) is 0.752. The third kappa shape index (κ3) is 2.57. The van der Waals surface area contributed by atoms with Crippen LogP contribution in [0.4, 0.5) is 11.5 Å². The van der Waals surface area contributed by atoms with Crippen LogP contribution < -0.4 is 11.1 Å². The molecule has 0 aliphatic carbocycles. The molecular weight excluding hydrogens is 230 g/mol. The summed E-state index contributed by atoms with van der Waals surface area (Å²) in [7, 11) is 0. The predicted octanol–water partition coefficient (Wildman–Crippen LogP) is 1.93. The van der Waals surface area contributed by atoms with Crippen molar-refractivity contribution in [1.82, 2.24) is 4.98 Å². The molecule has 2 aromatic rings. The van der Waals surface area contributed by atoms with Gasteiger partial charge in [0.1, 0.15) is 11.6 Å². The SMILES string of the molecule is Cc1cc(O)ccc1C(=O)Nc1ccc(N)cn1. The third-order valence-corrected chi connectivity index (χ3v) is 2.48. The standard InChI is InChI=1S/C13H13N3O2/c1-8-6-10(17)3-4-11(8)13(18)16-12-5-2-9(14)7-15-12/h2-7,17H,14H2,1H3,(H,15,16,18). The number of aromatic hydroxyl groups is 1. The molecule has 0 aliphatic heterocycles. The van der Waals surface area contributed by atoms with Crippen LogP contribution in [-0.2, 0) is 0 Å². The second kappa shape index (κ2) is 4.75. The van der Waals surface area contributed by atoms with E-state index in [2.05, 4.69) is 10.3 Å². The number of aryl methyl sites for hydroxylation is 1. The van der Waals surface area contributed by atoms with E-state index in [1.807, 2.05) is 0 Å². The molecule has 4 N–H and O–H groups in total. The van der Waals surface area contributed by atoms with Crippen molar-refractivity contribution < 1.29 is 9.90 Å². The Morgan fingerprint density at radius 1 is 1.33 bits per heavy atom. The van der Waals surface area contributed by atoms with Gasteiger partial charge < -0.3 is 16.2 Å². The van der Waals surface area contributed by atoms with Gasteiger partial charge in [0.25, 0.3) is 5.91 Å². The zero-order valence-electron chi connectivity index (χ0n) is 9.84. The van der Waals surface area contributed by atoms with Gasteiger partial charge in [-0.2, -0.15) is 0 Å². The van der Waals surface area contributed by atoms with Crippen molar-refractivity contribution >= 4 is 17.4 Å². The smallest absolute Gasteiger partial charge is 0.257 e. The van der Waals surface area contributed by atoms with Gasteiger partial charge in [-0.1, -0.05) is 0 Å². The zero-order valence-corrected chi connectivity index (χ0v) is 9.84. The lowest BCUT2D eigenvalue weighted by molar-refractivity contribution is 0.102. The molecule has 0 radical (unpaired) electrons. The molecule has 5 nitrogen and oxygen atoms in total. The molecule has 0 spiro atoms. The molecule has 0 saturated heterocycles. The lowest BCUT2D eigenvalue weighted by Gasteiger charge is -2.07. The van der Waals surface area contributed by atoms with E-state index in [9.17, 15) is 9.90 Å². The number of nitrogens with zero attached hydrogens (tertiary/aromatic N) is 1. The van der Waals surface area contributed by atoms with Crippen LogP contribution in [0.25, 0.3) is 0 Å². The van der Waals surface area contributed by atoms with Crippen molar-refractivity contribution in [3.8, 4) is 5.75 Å². The number of nitrogens with one attached hydrogen (secondary N) is 1. The number of nitrogens with two attached hydrogens (primary N) is 1. The number of nitrogen functional groups attached to an aromatic ring is 1. The van der Waals surface area contributed by atoms with Crippen LogP contribution in [0.5, 0.6) is 5.75 Å². The summed E-state index contributed by atoms with van der Waals surface area (Å²) in [4.78, 5) is 16.0. The predicted molar refractivity (Wildman–Crippen MR) is 69.4 cm³/mol. The Morgan fingerprint density at radius 2 is 2.11 bits per heavy atom. The lowest BCUT2D eigenvalue weighted by Crippen LogP contribution is -2.14. The molecule has 1 aromatic carbocycles. The van der Waals surface area contributed by atoms with Crippen LogP contribution in [0.1, 0.15) is 15.9 Å². The van der Waals surface area contributed by atoms with Gasteiger partial charge in [-0.3, -0.25) is 4.79 Å². The van der Waals surface area contributed by atoms with Crippen LogP contribution in [0.15, 0.2) is 36.5 Å². The molecule has 1 amide bonds. The number of phenols is 1. The van der Waals surface area contributed by atoms with Gasteiger partial charge in [0.05, 0.1) is 11.9 Å². The van der Waals surface area contributed by atoms with Gasteiger partial charge in [-0.05, 0) is 42.8 Å². The summed E-state index contributed by atoms with van der Waals surface area (Å²) in [6.07, 6.45) is 1.47. The Balaban J connectivity index is 2.19. The number of pyridine rings is 1. The Hall–Kier alpha value is -2.56. The number of anilines is 2. The maximum absolute atomic E-state index is 12.0.